The van der Waals surface area contributed by atoms with Gasteiger partial charge >= 0.3 is 0 Å². The lowest BCUT2D eigenvalue weighted by atomic mass is 10.3. The smallest absolute Gasteiger partial charge is 0.266 e. The maximum absolute atomic E-state index is 13.7. The van der Waals surface area contributed by atoms with Gasteiger partial charge in [0, 0.05) is 16.8 Å². The van der Waals surface area contributed by atoms with Crippen molar-refractivity contribution in [1.29, 1.82) is 0 Å². The highest BCUT2D eigenvalue weighted by molar-refractivity contribution is 9.10. The van der Waals surface area contributed by atoms with Crippen LogP contribution in [0.1, 0.15) is 17.4 Å². The molecule has 0 spiro atoms. The summed E-state index contributed by atoms with van der Waals surface area (Å²) in [6.45, 7) is 1.32. The van der Waals surface area contributed by atoms with Gasteiger partial charge in [0.15, 0.2) is 10.9 Å². The topological polar surface area (TPSA) is 76.1 Å². The Balaban J connectivity index is 2.33. The number of sulfonamides is 1. The van der Waals surface area contributed by atoms with E-state index in [4.69, 9.17) is 0 Å². The van der Waals surface area contributed by atoms with Crippen LogP contribution in [0.5, 0.6) is 0 Å². The average Bonchev–Trinajstić information content (AvgIpc) is 2.76. The molecule has 0 unspecified atom stereocenters. The van der Waals surface area contributed by atoms with Gasteiger partial charge in [-0.2, -0.15) is 0 Å². The van der Waals surface area contributed by atoms with Crippen LogP contribution in [-0.4, -0.2) is 19.2 Å². The first-order valence-electron chi connectivity index (χ1n) is 5.24. The lowest BCUT2D eigenvalue weighted by molar-refractivity contribution is 0.101. The lowest BCUT2D eigenvalue weighted by Gasteiger charge is -2.06. The molecule has 0 aliphatic heterocycles. The van der Waals surface area contributed by atoms with E-state index in [9.17, 15) is 17.6 Å². The molecule has 1 heterocycles. The summed E-state index contributed by atoms with van der Waals surface area (Å²) in [6, 6.07) is 3.61. The molecule has 0 radical (unpaired) electrons. The van der Waals surface area contributed by atoms with Crippen molar-refractivity contribution in [3.63, 3.8) is 0 Å². The van der Waals surface area contributed by atoms with E-state index in [1.54, 1.807) is 0 Å². The van der Waals surface area contributed by atoms with Crippen molar-refractivity contribution in [3.05, 3.63) is 39.6 Å². The third kappa shape index (κ3) is 3.22. The van der Waals surface area contributed by atoms with Crippen molar-refractivity contribution in [2.75, 3.05) is 4.72 Å². The van der Waals surface area contributed by atoms with Gasteiger partial charge in [-0.05, 0) is 18.2 Å². The molecular weight excluding hydrogens is 371 g/mol. The average molecular weight is 379 g/mol. The second kappa shape index (κ2) is 5.58. The summed E-state index contributed by atoms with van der Waals surface area (Å²) >= 11 is 4.00. The number of carbonyl (C=O) groups is 1. The minimum atomic E-state index is -4.08. The molecule has 1 aromatic heterocycles. The van der Waals surface area contributed by atoms with Gasteiger partial charge in [0.05, 0.1) is 0 Å². The number of Topliss-reactive ketones (excluding diaryl/α,β-unsaturated/α-hetero) is 1. The van der Waals surface area contributed by atoms with Crippen molar-refractivity contribution < 1.29 is 17.6 Å². The molecule has 0 amide bonds. The van der Waals surface area contributed by atoms with Gasteiger partial charge < -0.3 is 0 Å². The summed E-state index contributed by atoms with van der Waals surface area (Å²) in [6.07, 6.45) is 0. The van der Waals surface area contributed by atoms with Crippen LogP contribution in [0.25, 0.3) is 0 Å². The van der Waals surface area contributed by atoms with E-state index in [0.717, 1.165) is 23.5 Å². The number of benzene rings is 1. The Labute approximate surface area is 127 Å². The van der Waals surface area contributed by atoms with E-state index < -0.39 is 20.7 Å². The zero-order valence-electron chi connectivity index (χ0n) is 10.1. The van der Waals surface area contributed by atoms with Crippen molar-refractivity contribution in [2.45, 2.75) is 11.8 Å². The number of anilines is 1. The molecule has 0 aliphatic carbocycles. The fourth-order valence-electron chi connectivity index (χ4n) is 1.35. The van der Waals surface area contributed by atoms with E-state index in [-0.39, 0.29) is 16.6 Å². The quantitative estimate of drug-likeness (QED) is 0.829. The molecular formula is C11H8BrFN2O3S2. The lowest BCUT2D eigenvalue weighted by Crippen LogP contribution is -2.14. The van der Waals surface area contributed by atoms with Gasteiger partial charge in [-0.15, -0.1) is 11.3 Å². The molecule has 1 aromatic carbocycles. The van der Waals surface area contributed by atoms with E-state index in [1.807, 2.05) is 0 Å². The second-order valence-corrected chi connectivity index (χ2v) is 7.20. The first-order chi connectivity index (χ1) is 9.29. The summed E-state index contributed by atoms with van der Waals surface area (Å²) in [7, 11) is -4.08. The number of halogens is 2. The summed E-state index contributed by atoms with van der Waals surface area (Å²) < 4.78 is 40.3. The van der Waals surface area contributed by atoms with Gasteiger partial charge in [0.25, 0.3) is 10.0 Å². The summed E-state index contributed by atoms with van der Waals surface area (Å²) in [5, 5.41) is 1.44. The molecule has 0 bridgehead atoms. The SMILES string of the molecule is CC(=O)c1csc(NS(=O)(=O)c2ccc(Br)cc2F)n1. The third-order valence-corrected chi connectivity index (χ3v) is 5.02. The number of rotatable bonds is 4. The first kappa shape index (κ1) is 15.1. The summed E-state index contributed by atoms with van der Waals surface area (Å²) in [5.74, 6) is -1.16. The van der Waals surface area contributed by atoms with Gasteiger partial charge in [-0.1, -0.05) is 15.9 Å². The van der Waals surface area contributed by atoms with Crippen LogP contribution >= 0.6 is 27.3 Å². The van der Waals surface area contributed by atoms with Gasteiger partial charge in [-0.25, -0.2) is 17.8 Å². The largest absolute Gasteiger partial charge is 0.293 e. The predicted octanol–water partition coefficient (Wildman–Crippen LogP) is 3.05. The number of thiazole rings is 1. The van der Waals surface area contributed by atoms with Crippen LogP contribution in [-0.2, 0) is 10.0 Å². The Morgan fingerprint density at radius 1 is 1.45 bits per heavy atom. The molecule has 106 valence electrons. The number of aromatic nitrogens is 1. The van der Waals surface area contributed by atoms with Crippen LogP contribution < -0.4 is 4.72 Å². The Kier molecular flexibility index (Phi) is 4.21. The van der Waals surface area contributed by atoms with E-state index >= 15 is 0 Å². The number of ketones is 1. The zero-order chi connectivity index (χ0) is 14.9. The maximum atomic E-state index is 13.7. The van der Waals surface area contributed by atoms with Crippen LogP contribution in [0.4, 0.5) is 9.52 Å². The molecule has 2 rings (SSSR count). The van der Waals surface area contributed by atoms with Crippen LogP contribution in [0.15, 0.2) is 32.9 Å². The van der Waals surface area contributed by atoms with Crippen molar-refractivity contribution in [1.82, 2.24) is 4.98 Å². The number of nitrogens with zero attached hydrogens (tertiary/aromatic N) is 1. The highest BCUT2D eigenvalue weighted by Gasteiger charge is 2.21. The molecule has 0 atom stereocenters. The minimum absolute atomic E-state index is 0.0116. The van der Waals surface area contributed by atoms with Crippen LogP contribution in [0, 0.1) is 5.82 Å². The van der Waals surface area contributed by atoms with Crippen molar-refractivity contribution in [3.8, 4) is 0 Å². The van der Waals surface area contributed by atoms with E-state index in [2.05, 4.69) is 25.6 Å². The van der Waals surface area contributed by atoms with Crippen LogP contribution in [0.3, 0.4) is 0 Å². The maximum Gasteiger partial charge on any atom is 0.266 e. The minimum Gasteiger partial charge on any atom is -0.293 e. The van der Waals surface area contributed by atoms with Gasteiger partial charge in [0.1, 0.15) is 16.4 Å². The van der Waals surface area contributed by atoms with Crippen LogP contribution in [0.2, 0.25) is 0 Å². The van der Waals surface area contributed by atoms with Crippen molar-refractivity contribution in [2.24, 2.45) is 0 Å². The normalized spacial score (nSPS) is 11.3. The molecule has 20 heavy (non-hydrogen) atoms. The first-order valence-corrected chi connectivity index (χ1v) is 8.39. The summed E-state index contributed by atoms with van der Waals surface area (Å²) in [5.41, 5.74) is 0.156. The molecule has 5 nitrogen and oxygen atoms in total. The Hall–Kier alpha value is -1.32. The number of hydrogen-bond donors (Lipinski definition) is 1. The van der Waals surface area contributed by atoms with Gasteiger partial charge in [0.2, 0.25) is 0 Å². The summed E-state index contributed by atoms with van der Waals surface area (Å²) in [4.78, 5) is 14.4. The molecule has 2 aromatic rings. The highest BCUT2D eigenvalue weighted by atomic mass is 79.9. The number of carbonyl (C=O) groups excluding carboxylic acids is 1. The standard InChI is InChI=1S/C11H8BrFN2O3S2/c1-6(16)9-5-19-11(14-9)15-20(17,18)10-3-2-7(12)4-8(10)13/h2-5H,1H3,(H,14,15). The molecule has 9 heteroatoms. The van der Waals surface area contributed by atoms with E-state index in [1.165, 1.54) is 18.4 Å². The molecule has 0 saturated carbocycles. The Morgan fingerprint density at radius 3 is 2.70 bits per heavy atom. The third-order valence-electron chi connectivity index (χ3n) is 2.27. The fraction of sp³-hybridized carbons (Fsp3) is 0.0909. The molecule has 0 aliphatic rings. The monoisotopic (exact) mass is 378 g/mol. The fourth-order valence-corrected chi connectivity index (χ4v) is 3.74. The Morgan fingerprint density at radius 2 is 2.15 bits per heavy atom. The van der Waals surface area contributed by atoms with Gasteiger partial charge in [-0.3, -0.25) is 9.52 Å². The number of nitrogens with one attached hydrogen (secondary N) is 1. The molecule has 0 fully saturated rings. The Bertz CT molecular complexity index is 774. The van der Waals surface area contributed by atoms with E-state index in [0.29, 0.717) is 4.47 Å². The highest BCUT2D eigenvalue weighted by Crippen LogP contribution is 2.23. The molecule has 1 N–H and O–H groups in total. The molecule has 0 saturated heterocycles. The number of hydrogen-bond acceptors (Lipinski definition) is 5. The second-order valence-electron chi connectivity index (χ2n) is 3.77. The van der Waals surface area contributed by atoms with Crippen molar-refractivity contribution >= 4 is 48.2 Å². The predicted molar refractivity (Wildman–Crippen MR) is 77.0 cm³/mol. The zero-order valence-corrected chi connectivity index (χ0v) is 13.3.